The number of nitrogens with zero attached hydrogens (tertiary/aromatic N) is 3. The summed E-state index contributed by atoms with van der Waals surface area (Å²) in [5, 5.41) is 15.1. The Hall–Kier alpha value is -1.01. The van der Waals surface area contributed by atoms with E-state index in [2.05, 4.69) is 36.3 Å². The molecule has 2 heterocycles. The van der Waals surface area contributed by atoms with Gasteiger partial charge in [-0.25, -0.2) is 4.98 Å². The summed E-state index contributed by atoms with van der Waals surface area (Å²) in [6.45, 7) is 6.43. The maximum atomic E-state index is 4.85. The molecule has 0 bridgehead atoms. The summed E-state index contributed by atoms with van der Waals surface area (Å²) in [6.07, 6.45) is 4.77. The highest BCUT2D eigenvalue weighted by Crippen LogP contribution is 2.47. The van der Waals surface area contributed by atoms with E-state index in [9.17, 15) is 0 Å². The predicted octanol–water partition coefficient (Wildman–Crippen LogP) is 4.31. The fourth-order valence-electron chi connectivity index (χ4n) is 2.11. The Morgan fingerprint density at radius 3 is 2.70 bits per heavy atom. The first kappa shape index (κ1) is 13.9. The third kappa shape index (κ3) is 3.01. The van der Waals surface area contributed by atoms with Gasteiger partial charge in [-0.05, 0) is 39.5 Å². The van der Waals surface area contributed by atoms with Crippen LogP contribution in [0.4, 0.5) is 5.13 Å². The highest BCUT2D eigenvalue weighted by Gasteiger charge is 2.31. The first-order valence-corrected chi connectivity index (χ1v) is 8.90. The Bertz CT molecular complexity index is 584. The first-order chi connectivity index (χ1) is 9.67. The summed E-state index contributed by atoms with van der Waals surface area (Å²) in [7, 11) is 0. The van der Waals surface area contributed by atoms with E-state index in [1.807, 2.05) is 0 Å². The van der Waals surface area contributed by atoms with Gasteiger partial charge in [0.25, 0.3) is 0 Å². The highest BCUT2D eigenvalue weighted by atomic mass is 32.1. The minimum absolute atomic E-state index is 0.385. The summed E-state index contributed by atoms with van der Waals surface area (Å²) in [5.74, 6) is 0.664. The number of thiazole rings is 1. The number of aryl methyl sites for hydroxylation is 1. The second-order valence-corrected chi connectivity index (χ2v) is 7.62. The SMILES string of the molecule is CCCc1nc(C2CC2)c(-c2nnc(NC(C)C)s2)s1. The molecule has 0 amide bonds. The second kappa shape index (κ2) is 5.77. The Balaban J connectivity index is 1.89. The molecule has 1 aliphatic carbocycles. The molecule has 1 fully saturated rings. The molecule has 2 aromatic heterocycles. The van der Waals surface area contributed by atoms with Gasteiger partial charge in [-0.2, -0.15) is 0 Å². The molecule has 0 atom stereocenters. The van der Waals surface area contributed by atoms with Crippen LogP contribution >= 0.6 is 22.7 Å². The van der Waals surface area contributed by atoms with E-state index in [4.69, 9.17) is 4.98 Å². The summed E-state index contributed by atoms with van der Waals surface area (Å²) in [4.78, 5) is 6.10. The van der Waals surface area contributed by atoms with Gasteiger partial charge in [0.2, 0.25) is 5.13 Å². The Labute approximate surface area is 127 Å². The van der Waals surface area contributed by atoms with Crippen molar-refractivity contribution < 1.29 is 0 Å². The smallest absolute Gasteiger partial charge is 0.206 e. The van der Waals surface area contributed by atoms with Gasteiger partial charge in [0.05, 0.1) is 15.6 Å². The fraction of sp³-hybridized carbons (Fsp3) is 0.643. The van der Waals surface area contributed by atoms with Crippen LogP contribution in [-0.2, 0) is 6.42 Å². The van der Waals surface area contributed by atoms with Gasteiger partial charge < -0.3 is 5.32 Å². The van der Waals surface area contributed by atoms with Gasteiger partial charge >= 0.3 is 0 Å². The quantitative estimate of drug-likeness (QED) is 0.864. The lowest BCUT2D eigenvalue weighted by Gasteiger charge is -2.03. The van der Waals surface area contributed by atoms with Crippen molar-refractivity contribution >= 4 is 27.8 Å². The van der Waals surface area contributed by atoms with Crippen molar-refractivity contribution in [1.29, 1.82) is 0 Å². The molecule has 0 radical (unpaired) electrons. The number of nitrogens with one attached hydrogen (secondary N) is 1. The summed E-state index contributed by atoms with van der Waals surface area (Å²) in [5.41, 5.74) is 1.27. The number of aromatic nitrogens is 3. The van der Waals surface area contributed by atoms with E-state index in [1.54, 1.807) is 22.7 Å². The van der Waals surface area contributed by atoms with Crippen LogP contribution in [-0.4, -0.2) is 21.2 Å². The molecule has 0 unspecified atom stereocenters. The molecule has 4 nitrogen and oxygen atoms in total. The molecule has 0 aromatic carbocycles. The second-order valence-electron chi connectivity index (χ2n) is 5.56. The summed E-state index contributed by atoms with van der Waals surface area (Å²) < 4.78 is 0. The molecular weight excluding hydrogens is 288 g/mol. The third-order valence-electron chi connectivity index (χ3n) is 3.16. The maximum absolute atomic E-state index is 4.85. The van der Waals surface area contributed by atoms with Crippen LogP contribution in [0.5, 0.6) is 0 Å². The van der Waals surface area contributed by atoms with Gasteiger partial charge in [0.1, 0.15) is 0 Å². The minimum Gasteiger partial charge on any atom is -0.358 e. The molecule has 20 heavy (non-hydrogen) atoms. The molecule has 0 aliphatic heterocycles. The van der Waals surface area contributed by atoms with Gasteiger partial charge in [0, 0.05) is 12.0 Å². The predicted molar refractivity (Wildman–Crippen MR) is 85.7 cm³/mol. The van der Waals surface area contributed by atoms with Gasteiger partial charge in [-0.15, -0.1) is 21.5 Å². The molecule has 0 saturated heterocycles. The topological polar surface area (TPSA) is 50.7 Å². The van der Waals surface area contributed by atoms with Crippen molar-refractivity contribution in [3.63, 3.8) is 0 Å². The molecule has 3 rings (SSSR count). The normalized spacial score (nSPS) is 15.0. The van der Waals surface area contributed by atoms with Gasteiger partial charge in [0.15, 0.2) is 5.01 Å². The summed E-state index contributed by atoms with van der Waals surface area (Å²) in [6, 6.07) is 0.385. The molecular formula is C14H20N4S2. The monoisotopic (exact) mass is 308 g/mol. The highest BCUT2D eigenvalue weighted by molar-refractivity contribution is 7.23. The van der Waals surface area contributed by atoms with E-state index in [0.717, 1.165) is 23.0 Å². The Kier molecular flexibility index (Phi) is 4.03. The zero-order valence-electron chi connectivity index (χ0n) is 12.1. The number of hydrogen-bond acceptors (Lipinski definition) is 6. The van der Waals surface area contributed by atoms with Crippen molar-refractivity contribution in [2.24, 2.45) is 0 Å². The van der Waals surface area contributed by atoms with E-state index in [0.29, 0.717) is 12.0 Å². The van der Waals surface area contributed by atoms with E-state index in [1.165, 1.54) is 28.4 Å². The van der Waals surface area contributed by atoms with Crippen LogP contribution in [0.1, 0.15) is 56.7 Å². The Morgan fingerprint density at radius 2 is 2.05 bits per heavy atom. The zero-order valence-corrected chi connectivity index (χ0v) is 13.8. The number of anilines is 1. The van der Waals surface area contributed by atoms with Crippen LogP contribution in [0.3, 0.4) is 0 Å². The van der Waals surface area contributed by atoms with E-state index in [-0.39, 0.29) is 0 Å². The van der Waals surface area contributed by atoms with Crippen molar-refractivity contribution in [2.45, 2.75) is 58.4 Å². The van der Waals surface area contributed by atoms with Crippen LogP contribution in [0.25, 0.3) is 9.88 Å². The van der Waals surface area contributed by atoms with Crippen molar-refractivity contribution in [2.75, 3.05) is 5.32 Å². The van der Waals surface area contributed by atoms with E-state index < -0.39 is 0 Å². The third-order valence-corrected chi connectivity index (χ3v) is 5.30. The fourth-order valence-corrected chi connectivity index (χ4v) is 4.32. The lowest BCUT2D eigenvalue weighted by Crippen LogP contribution is -2.08. The molecule has 2 aromatic rings. The number of rotatable bonds is 6. The molecule has 1 saturated carbocycles. The molecule has 108 valence electrons. The minimum atomic E-state index is 0.385. The van der Waals surface area contributed by atoms with Crippen molar-refractivity contribution in [3.05, 3.63) is 10.7 Å². The van der Waals surface area contributed by atoms with Gasteiger partial charge in [-0.3, -0.25) is 0 Å². The van der Waals surface area contributed by atoms with E-state index >= 15 is 0 Å². The average Bonchev–Trinajstić information content (AvgIpc) is 2.99. The zero-order chi connectivity index (χ0) is 14.1. The molecule has 0 spiro atoms. The standard InChI is InChI=1S/C14H20N4S2/c1-4-5-10-16-11(9-6-7-9)12(19-10)13-17-18-14(20-13)15-8(2)3/h8-9H,4-7H2,1-3H3,(H,15,18). The van der Waals surface area contributed by atoms with Crippen LogP contribution in [0, 0.1) is 0 Å². The molecule has 1 N–H and O–H groups in total. The number of hydrogen-bond donors (Lipinski definition) is 1. The lowest BCUT2D eigenvalue weighted by atomic mass is 10.2. The largest absolute Gasteiger partial charge is 0.358 e. The van der Waals surface area contributed by atoms with Crippen LogP contribution in [0.15, 0.2) is 0 Å². The van der Waals surface area contributed by atoms with Crippen molar-refractivity contribution in [1.82, 2.24) is 15.2 Å². The lowest BCUT2D eigenvalue weighted by molar-refractivity contribution is 0.887. The molecule has 6 heteroatoms. The van der Waals surface area contributed by atoms with Crippen molar-refractivity contribution in [3.8, 4) is 9.88 Å². The van der Waals surface area contributed by atoms with Crippen LogP contribution < -0.4 is 5.32 Å². The Morgan fingerprint density at radius 1 is 1.25 bits per heavy atom. The van der Waals surface area contributed by atoms with Gasteiger partial charge in [-0.1, -0.05) is 18.3 Å². The average molecular weight is 308 g/mol. The van der Waals surface area contributed by atoms with Crippen LogP contribution in [0.2, 0.25) is 0 Å². The molecule has 1 aliphatic rings. The first-order valence-electron chi connectivity index (χ1n) is 7.27. The maximum Gasteiger partial charge on any atom is 0.206 e. The summed E-state index contributed by atoms with van der Waals surface area (Å²) >= 11 is 3.45.